The van der Waals surface area contributed by atoms with Crippen LogP contribution in [0.25, 0.3) is 0 Å². The van der Waals surface area contributed by atoms with Gasteiger partial charge in [0.05, 0.1) is 12.6 Å². The molecule has 0 amide bonds. The van der Waals surface area contributed by atoms with Crippen molar-refractivity contribution in [2.45, 2.75) is 45.2 Å². The second kappa shape index (κ2) is 4.72. The summed E-state index contributed by atoms with van der Waals surface area (Å²) in [7, 11) is 0. The summed E-state index contributed by atoms with van der Waals surface area (Å²) in [5.74, 6) is 0.278. The molecule has 1 aliphatic rings. The van der Waals surface area contributed by atoms with Gasteiger partial charge in [0, 0.05) is 12.5 Å². The molecule has 0 aromatic carbocycles. The predicted octanol–water partition coefficient (Wildman–Crippen LogP) is 0.811. The number of ketones is 1. The van der Waals surface area contributed by atoms with Crippen LogP contribution in [0.3, 0.4) is 0 Å². The molecule has 3 nitrogen and oxygen atoms in total. The molecule has 1 N–H and O–H groups in total. The van der Waals surface area contributed by atoms with Gasteiger partial charge in [0.15, 0.2) is 0 Å². The number of carbonyl (C=O) groups excluding carboxylic acids is 1. The van der Waals surface area contributed by atoms with E-state index in [2.05, 4.69) is 4.90 Å². The summed E-state index contributed by atoms with van der Waals surface area (Å²) in [6, 6.07) is 0.204. The average Bonchev–Trinajstić information content (AvgIpc) is 2.62. The monoisotopic (exact) mass is 185 g/mol. The highest BCUT2D eigenvalue weighted by atomic mass is 16.3. The van der Waals surface area contributed by atoms with Crippen molar-refractivity contribution in [3.05, 3.63) is 0 Å². The smallest absolute Gasteiger partial charge is 0.149 e. The maximum absolute atomic E-state index is 11.4. The van der Waals surface area contributed by atoms with Gasteiger partial charge in [-0.1, -0.05) is 6.92 Å². The van der Waals surface area contributed by atoms with Crippen LogP contribution in [0.4, 0.5) is 0 Å². The lowest BCUT2D eigenvalue weighted by Gasteiger charge is -2.28. The largest absolute Gasteiger partial charge is 0.395 e. The highest BCUT2D eigenvalue weighted by molar-refractivity contribution is 5.83. The number of aliphatic hydroxyl groups is 1. The minimum Gasteiger partial charge on any atom is -0.395 e. The fraction of sp³-hybridized carbons (Fsp3) is 0.900. The molecule has 76 valence electrons. The zero-order chi connectivity index (χ0) is 9.84. The van der Waals surface area contributed by atoms with Gasteiger partial charge in [-0.3, -0.25) is 9.69 Å². The molecule has 1 saturated heterocycles. The van der Waals surface area contributed by atoms with Crippen LogP contribution >= 0.6 is 0 Å². The van der Waals surface area contributed by atoms with E-state index in [1.54, 1.807) is 0 Å². The minimum atomic E-state index is -0.00958. The Morgan fingerprint density at radius 3 is 2.92 bits per heavy atom. The highest BCUT2D eigenvalue weighted by Gasteiger charge is 2.30. The number of carbonyl (C=O) groups is 1. The molecule has 1 fully saturated rings. The first-order valence-electron chi connectivity index (χ1n) is 5.10. The Morgan fingerprint density at radius 2 is 2.38 bits per heavy atom. The SMILES string of the molecule is CCC(=O)C(C)N1CCCC1CO. The second-order valence-electron chi connectivity index (χ2n) is 3.71. The molecule has 0 aromatic heterocycles. The number of likely N-dealkylation sites (tertiary alicyclic amines) is 1. The number of hydrogen-bond acceptors (Lipinski definition) is 3. The van der Waals surface area contributed by atoms with Crippen molar-refractivity contribution < 1.29 is 9.90 Å². The summed E-state index contributed by atoms with van der Waals surface area (Å²) in [6.07, 6.45) is 2.72. The van der Waals surface area contributed by atoms with Gasteiger partial charge in [-0.05, 0) is 26.3 Å². The first-order valence-corrected chi connectivity index (χ1v) is 5.10. The van der Waals surface area contributed by atoms with Crippen LogP contribution in [0.2, 0.25) is 0 Å². The van der Waals surface area contributed by atoms with Crippen LogP contribution in [0.15, 0.2) is 0 Å². The van der Waals surface area contributed by atoms with Crippen LogP contribution in [0.1, 0.15) is 33.1 Å². The van der Waals surface area contributed by atoms with Gasteiger partial charge in [0.2, 0.25) is 0 Å². The summed E-state index contributed by atoms with van der Waals surface area (Å²) in [5.41, 5.74) is 0. The maximum atomic E-state index is 11.4. The van der Waals surface area contributed by atoms with E-state index >= 15 is 0 Å². The van der Waals surface area contributed by atoms with Crippen LogP contribution < -0.4 is 0 Å². The number of nitrogens with zero attached hydrogens (tertiary/aromatic N) is 1. The molecule has 0 saturated carbocycles. The summed E-state index contributed by atoms with van der Waals surface area (Å²) < 4.78 is 0. The minimum absolute atomic E-state index is 0.00958. The second-order valence-corrected chi connectivity index (χ2v) is 3.71. The van der Waals surface area contributed by atoms with E-state index in [9.17, 15) is 4.79 Å². The van der Waals surface area contributed by atoms with E-state index < -0.39 is 0 Å². The first-order chi connectivity index (χ1) is 6.20. The van der Waals surface area contributed by atoms with Crippen molar-refractivity contribution >= 4 is 5.78 Å². The summed E-state index contributed by atoms with van der Waals surface area (Å²) in [5, 5.41) is 9.09. The van der Waals surface area contributed by atoms with E-state index in [0.717, 1.165) is 19.4 Å². The fourth-order valence-electron chi connectivity index (χ4n) is 2.04. The standard InChI is InChI=1S/C10H19NO2/c1-3-10(13)8(2)11-6-4-5-9(11)7-12/h8-9,12H,3-7H2,1-2H3. The average molecular weight is 185 g/mol. The molecule has 0 aromatic rings. The Bertz CT molecular complexity index is 182. The molecule has 2 atom stereocenters. The lowest BCUT2D eigenvalue weighted by Crippen LogP contribution is -2.43. The van der Waals surface area contributed by atoms with Gasteiger partial charge in [-0.15, -0.1) is 0 Å². The predicted molar refractivity (Wildman–Crippen MR) is 51.6 cm³/mol. The zero-order valence-corrected chi connectivity index (χ0v) is 8.49. The molecule has 0 aliphatic carbocycles. The third-order valence-corrected chi connectivity index (χ3v) is 2.95. The van der Waals surface area contributed by atoms with E-state index in [1.165, 1.54) is 0 Å². The number of rotatable bonds is 4. The summed E-state index contributed by atoms with van der Waals surface area (Å²) in [4.78, 5) is 13.6. The Kier molecular flexibility index (Phi) is 3.88. The maximum Gasteiger partial charge on any atom is 0.149 e. The van der Waals surface area contributed by atoms with Crippen LogP contribution in [0, 0.1) is 0 Å². The lowest BCUT2D eigenvalue weighted by molar-refractivity contribution is -0.124. The van der Waals surface area contributed by atoms with Crippen LogP contribution in [-0.4, -0.2) is 41.0 Å². The molecule has 0 bridgehead atoms. The molecular formula is C10H19NO2. The van der Waals surface area contributed by atoms with Crippen LogP contribution in [0.5, 0.6) is 0 Å². The lowest BCUT2D eigenvalue weighted by atomic mass is 10.1. The Hall–Kier alpha value is -0.410. The molecule has 0 spiro atoms. The third-order valence-electron chi connectivity index (χ3n) is 2.95. The number of hydrogen-bond donors (Lipinski definition) is 1. The van der Waals surface area contributed by atoms with E-state index in [-0.39, 0.29) is 24.5 Å². The van der Waals surface area contributed by atoms with Crippen molar-refractivity contribution in [1.82, 2.24) is 4.90 Å². The molecule has 3 heteroatoms. The summed E-state index contributed by atoms with van der Waals surface area (Å²) >= 11 is 0. The van der Waals surface area contributed by atoms with Gasteiger partial charge in [0.1, 0.15) is 5.78 Å². The van der Waals surface area contributed by atoms with E-state index in [1.807, 2.05) is 13.8 Å². The Morgan fingerprint density at radius 1 is 1.69 bits per heavy atom. The molecule has 1 heterocycles. The molecule has 1 aliphatic heterocycles. The number of Topliss-reactive ketones (excluding diaryl/α,β-unsaturated/α-hetero) is 1. The van der Waals surface area contributed by atoms with Gasteiger partial charge in [-0.2, -0.15) is 0 Å². The molecule has 2 unspecified atom stereocenters. The van der Waals surface area contributed by atoms with Crippen molar-refractivity contribution in [2.75, 3.05) is 13.2 Å². The van der Waals surface area contributed by atoms with E-state index in [4.69, 9.17) is 5.11 Å². The van der Waals surface area contributed by atoms with Crippen molar-refractivity contribution in [2.24, 2.45) is 0 Å². The normalized spacial score (nSPS) is 26.2. The van der Waals surface area contributed by atoms with Crippen molar-refractivity contribution in [1.29, 1.82) is 0 Å². The van der Waals surface area contributed by atoms with Gasteiger partial charge in [0.25, 0.3) is 0 Å². The molecular weight excluding hydrogens is 166 g/mol. The van der Waals surface area contributed by atoms with E-state index in [0.29, 0.717) is 6.42 Å². The van der Waals surface area contributed by atoms with Crippen LogP contribution in [-0.2, 0) is 4.79 Å². The van der Waals surface area contributed by atoms with Gasteiger partial charge < -0.3 is 5.11 Å². The Labute approximate surface area is 79.7 Å². The molecule has 1 rings (SSSR count). The van der Waals surface area contributed by atoms with Gasteiger partial charge >= 0.3 is 0 Å². The fourth-order valence-corrected chi connectivity index (χ4v) is 2.04. The third kappa shape index (κ3) is 2.29. The highest BCUT2D eigenvalue weighted by Crippen LogP contribution is 2.20. The first kappa shape index (κ1) is 10.7. The van der Waals surface area contributed by atoms with Crippen molar-refractivity contribution in [3.8, 4) is 0 Å². The molecule has 13 heavy (non-hydrogen) atoms. The molecule has 0 radical (unpaired) electrons. The topological polar surface area (TPSA) is 40.5 Å². The van der Waals surface area contributed by atoms with Gasteiger partial charge in [-0.25, -0.2) is 0 Å². The quantitative estimate of drug-likeness (QED) is 0.704. The Balaban J connectivity index is 2.54. The zero-order valence-electron chi connectivity index (χ0n) is 8.49. The summed E-state index contributed by atoms with van der Waals surface area (Å²) in [6.45, 7) is 4.97. The van der Waals surface area contributed by atoms with Crippen molar-refractivity contribution in [3.63, 3.8) is 0 Å². The number of aliphatic hydroxyl groups excluding tert-OH is 1.